The summed E-state index contributed by atoms with van der Waals surface area (Å²) in [6, 6.07) is 5.11. The molecule has 1 heterocycles. The van der Waals surface area contributed by atoms with E-state index >= 15 is 0 Å². The van der Waals surface area contributed by atoms with Crippen molar-refractivity contribution in [2.24, 2.45) is 0 Å². The van der Waals surface area contributed by atoms with Crippen molar-refractivity contribution in [3.63, 3.8) is 0 Å². The molecule has 2 rings (SSSR count). The third-order valence-corrected chi connectivity index (χ3v) is 3.27. The van der Waals surface area contributed by atoms with Gasteiger partial charge in [0.25, 0.3) is 0 Å². The molecule has 0 unspecified atom stereocenters. The maximum absolute atomic E-state index is 12.5. The first-order valence-corrected chi connectivity index (χ1v) is 7.28. The van der Waals surface area contributed by atoms with E-state index in [1.807, 2.05) is 0 Å². The van der Waals surface area contributed by atoms with E-state index in [1.165, 1.54) is 42.8 Å². The second kappa shape index (κ2) is 7.01. The maximum Gasteiger partial charge on any atom is 0.487 e. The number of carbonyl (C=O) groups excluding carboxylic acids is 1. The van der Waals surface area contributed by atoms with Crippen LogP contribution in [0.3, 0.4) is 0 Å². The number of benzene rings is 1. The number of aryl methyl sites for hydroxylation is 1. The second-order valence-corrected chi connectivity index (χ2v) is 5.49. The number of carbonyl (C=O) groups is 1. The summed E-state index contributed by atoms with van der Waals surface area (Å²) in [5.41, 5.74) is -3.18. The Morgan fingerprint density at radius 3 is 2.48 bits per heavy atom. The van der Waals surface area contributed by atoms with Crippen LogP contribution >= 0.6 is 11.6 Å². The number of amides is 1. The van der Waals surface area contributed by atoms with Gasteiger partial charge in [0.05, 0.1) is 4.92 Å². The lowest BCUT2D eigenvalue weighted by Crippen LogP contribution is -2.20. The molecule has 0 radical (unpaired) electrons. The van der Waals surface area contributed by atoms with Gasteiger partial charge >= 0.3 is 11.3 Å². The molecule has 25 heavy (non-hydrogen) atoms. The summed E-state index contributed by atoms with van der Waals surface area (Å²) in [6.45, 7) is 2.73. The third-order valence-electron chi connectivity index (χ3n) is 3.19. The number of nitrogens with one attached hydrogen (secondary N) is 1. The summed E-state index contributed by atoms with van der Waals surface area (Å²) in [6.07, 6.45) is 0. The zero-order valence-electron chi connectivity index (χ0n) is 13.1. The van der Waals surface area contributed by atoms with E-state index in [2.05, 4.69) is 26.8 Å². The van der Waals surface area contributed by atoms with Gasteiger partial charge < -0.3 is 10.1 Å². The molecule has 0 bridgehead atoms. The van der Waals surface area contributed by atoms with Gasteiger partial charge in [0.1, 0.15) is 23.7 Å². The fourth-order valence-corrected chi connectivity index (χ4v) is 2.27. The minimum Gasteiger partial charge on any atom is -0.420 e. The van der Waals surface area contributed by atoms with Crippen molar-refractivity contribution in [3.8, 4) is 5.75 Å². The first-order valence-electron chi connectivity index (χ1n) is 6.91. The highest BCUT2D eigenvalue weighted by atomic mass is 35.5. The largest absolute Gasteiger partial charge is 0.487 e. The molecule has 0 saturated carbocycles. The molecule has 0 saturated heterocycles. The molecule has 1 aromatic heterocycles. The van der Waals surface area contributed by atoms with Gasteiger partial charge in [-0.2, -0.15) is 5.10 Å². The molecular formula is C14H13ClF2N4O4. The van der Waals surface area contributed by atoms with E-state index in [0.29, 0.717) is 5.69 Å². The van der Waals surface area contributed by atoms with Crippen LogP contribution in [0.1, 0.15) is 11.4 Å². The lowest BCUT2D eigenvalue weighted by molar-refractivity contribution is -0.386. The lowest BCUT2D eigenvalue weighted by atomic mass is 10.3. The van der Waals surface area contributed by atoms with Gasteiger partial charge in [0, 0.05) is 17.3 Å². The van der Waals surface area contributed by atoms with E-state index < -0.39 is 16.4 Å². The van der Waals surface area contributed by atoms with E-state index in [-0.39, 0.29) is 29.4 Å². The van der Waals surface area contributed by atoms with Gasteiger partial charge in [-0.15, -0.1) is 8.78 Å². The van der Waals surface area contributed by atoms with Crippen LogP contribution in [0.15, 0.2) is 24.3 Å². The van der Waals surface area contributed by atoms with Crippen molar-refractivity contribution in [1.29, 1.82) is 0 Å². The molecule has 0 aliphatic carbocycles. The number of alkyl halides is 3. The SMILES string of the molecule is Cc1nn(CC(=O)Nc2ccc(OC(F)(F)Cl)cc2)c(C)c1[N+](=O)[O-]. The zero-order chi connectivity index (χ0) is 18.8. The Kier molecular flexibility index (Phi) is 5.21. The fraction of sp³-hybridized carbons (Fsp3) is 0.286. The van der Waals surface area contributed by atoms with Gasteiger partial charge in [-0.25, -0.2) is 0 Å². The van der Waals surface area contributed by atoms with Gasteiger partial charge in [0.2, 0.25) is 5.91 Å². The molecule has 1 aromatic carbocycles. The van der Waals surface area contributed by atoms with Crippen LogP contribution in [-0.4, -0.2) is 26.2 Å². The highest BCUT2D eigenvalue weighted by Crippen LogP contribution is 2.26. The average molecular weight is 375 g/mol. The predicted molar refractivity (Wildman–Crippen MR) is 84.9 cm³/mol. The lowest BCUT2D eigenvalue weighted by Gasteiger charge is -2.11. The summed E-state index contributed by atoms with van der Waals surface area (Å²) >= 11 is 4.65. The van der Waals surface area contributed by atoms with Crippen molar-refractivity contribution < 1.29 is 23.2 Å². The standard InChI is InChI=1S/C14H13ClF2N4O4/c1-8-13(21(23)24)9(2)20(19-8)7-12(22)18-10-3-5-11(6-4-10)25-14(15,16)17/h3-6H,7H2,1-2H3,(H,18,22). The van der Waals surface area contributed by atoms with Crippen molar-refractivity contribution in [2.45, 2.75) is 26.0 Å². The normalized spacial score (nSPS) is 11.2. The maximum atomic E-state index is 12.5. The molecule has 0 atom stereocenters. The Hall–Kier alpha value is -2.75. The van der Waals surface area contributed by atoms with E-state index in [9.17, 15) is 23.7 Å². The van der Waals surface area contributed by atoms with Crippen molar-refractivity contribution in [2.75, 3.05) is 5.32 Å². The number of hydrogen-bond donors (Lipinski definition) is 1. The first-order chi connectivity index (χ1) is 11.6. The van der Waals surface area contributed by atoms with Gasteiger partial charge in [-0.05, 0) is 38.1 Å². The quantitative estimate of drug-likeness (QED) is 0.475. The average Bonchev–Trinajstić information content (AvgIpc) is 2.73. The summed E-state index contributed by atoms with van der Waals surface area (Å²) < 4.78 is 30.4. The Labute approximate surface area is 145 Å². The minimum atomic E-state index is -3.82. The molecule has 0 spiro atoms. The van der Waals surface area contributed by atoms with E-state index in [0.717, 1.165) is 0 Å². The topological polar surface area (TPSA) is 99.3 Å². The van der Waals surface area contributed by atoms with Crippen LogP contribution in [0.5, 0.6) is 5.75 Å². The third kappa shape index (κ3) is 4.86. The van der Waals surface area contributed by atoms with Gasteiger partial charge in [0.15, 0.2) is 0 Å². The van der Waals surface area contributed by atoms with Crippen LogP contribution in [0.4, 0.5) is 20.2 Å². The molecule has 8 nitrogen and oxygen atoms in total. The monoisotopic (exact) mass is 374 g/mol. The molecule has 0 aliphatic rings. The van der Waals surface area contributed by atoms with Crippen LogP contribution in [0.25, 0.3) is 0 Å². The van der Waals surface area contributed by atoms with Crippen molar-refractivity contribution >= 4 is 28.9 Å². The van der Waals surface area contributed by atoms with E-state index in [1.54, 1.807) is 0 Å². The number of aromatic nitrogens is 2. The Morgan fingerprint density at radius 2 is 2.00 bits per heavy atom. The van der Waals surface area contributed by atoms with E-state index in [4.69, 9.17) is 0 Å². The number of nitro groups is 1. The van der Waals surface area contributed by atoms with Gasteiger partial charge in [-0.3, -0.25) is 19.6 Å². The number of ether oxygens (including phenoxy) is 1. The Bertz CT molecular complexity index is 802. The summed E-state index contributed by atoms with van der Waals surface area (Å²) in [7, 11) is 0. The molecular weight excluding hydrogens is 362 g/mol. The number of nitrogens with zero attached hydrogens (tertiary/aromatic N) is 3. The summed E-state index contributed by atoms with van der Waals surface area (Å²) in [5, 5.41) is 17.4. The summed E-state index contributed by atoms with van der Waals surface area (Å²) in [4.78, 5) is 22.4. The number of halogens is 3. The number of hydrogen-bond acceptors (Lipinski definition) is 5. The van der Waals surface area contributed by atoms with Crippen LogP contribution in [0, 0.1) is 24.0 Å². The van der Waals surface area contributed by atoms with Crippen LogP contribution in [0.2, 0.25) is 0 Å². The highest BCUT2D eigenvalue weighted by Gasteiger charge is 2.27. The molecule has 1 N–H and O–H groups in total. The Balaban J connectivity index is 2.03. The second-order valence-electron chi connectivity index (χ2n) is 5.05. The van der Waals surface area contributed by atoms with Crippen molar-refractivity contribution in [1.82, 2.24) is 9.78 Å². The smallest absolute Gasteiger partial charge is 0.420 e. The van der Waals surface area contributed by atoms with Gasteiger partial charge in [-0.1, -0.05) is 0 Å². The van der Waals surface area contributed by atoms with Crippen LogP contribution < -0.4 is 10.1 Å². The zero-order valence-corrected chi connectivity index (χ0v) is 13.9. The minimum absolute atomic E-state index is 0.142. The molecule has 2 aromatic rings. The molecule has 0 fully saturated rings. The molecule has 134 valence electrons. The molecule has 1 amide bonds. The first kappa shape index (κ1) is 18.6. The summed E-state index contributed by atoms with van der Waals surface area (Å²) in [5.74, 6) is -0.663. The fourth-order valence-electron chi connectivity index (χ4n) is 2.18. The number of rotatable bonds is 6. The molecule has 0 aliphatic heterocycles. The molecule has 11 heteroatoms. The Morgan fingerprint density at radius 1 is 1.40 bits per heavy atom. The number of anilines is 1. The predicted octanol–water partition coefficient (Wildman–Crippen LogP) is 3.21. The highest BCUT2D eigenvalue weighted by molar-refractivity contribution is 6.20. The van der Waals surface area contributed by atoms with Crippen molar-refractivity contribution in [3.05, 3.63) is 45.8 Å². The van der Waals surface area contributed by atoms with Crippen LogP contribution in [-0.2, 0) is 11.3 Å².